The Morgan fingerprint density at radius 1 is 1.09 bits per heavy atom. The van der Waals surface area contributed by atoms with Gasteiger partial charge in [-0.05, 0) is 43.7 Å². The third kappa shape index (κ3) is 4.74. The molecule has 6 heteroatoms. The van der Waals surface area contributed by atoms with Crippen molar-refractivity contribution in [1.82, 2.24) is 10.3 Å². The summed E-state index contributed by atoms with van der Waals surface area (Å²) in [4.78, 5) is 4.28. The lowest BCUT2D eigenvalue weighted by Gasteiger charge is -2.15. The average Bonchev–Trinajstić information content (AvgIpc) is 3.34. The van der Waals surface area contributed by atoms with Crippen molar-refractivity contribution in [2.75, 3.05) is 20.8 Å². The van der Waals surface area contributed by atoms with Gasteiger partial charge in [-0.1, -0.05) is 12.1 Å². The number of nitrogens with one attached hydrogen (secondary N) is 1. The molecule has 2 aromatic rings. The number of methoxy groups -OCH3 is 1. The van der Waals surface area contributed by atoms with Crippen LogP contribution in [0, 0.1) is 0 Å². The van der Waals surface area contributed by atoms with E-state index in [-0.39, 0.29) is 30.4 Å². The van der Waals surface area contributed by atoms with Crippen molar-refractivity contribution in [3.8, 4) is 22.6 Å². The number of ether oxygens (including phenoxy) is 2. The highest BCUT2D eigenvalue weighted by molar-refractivity contribution is 5.85. The van der Waals surface area contributed by atoms with Gasteiger partial charge in [0.1, 0.15) is 18.1 Å². The minimum Gasteiger partial charge on any atom is -0.497 e. The van der Waals surface area contributed by atoms with Crippen LogP contribution in [0.1, 0.15) is 12.8 Å². The molecule has 23 heavy (non-hydrogen) atoms. The fourth-order valence-electron chi connectivity index (χ4n) is 2.30. The van der Waals surface area contributed by atoms with E-state index in [1.807, 2.05) is 43.6 Å². The average molecular weight is 357 g/mol. The van der Waals surface area contributed by atoms with Gasteiger partial charge < -0.3 is 14.8 Å². The lowest BCUT2D eigenvalue weighted by atomic mass is 10.1. The molecule has 1 aromatic carbocycles. The maximum atomic E-state index is 5.89. The minimum absolute atomic E-state index is 0. The van der Waals surface area contributed by atoms with Crippen molar-refractivity contribution in [1.29, 1.82) is 0 Å². The van der Waals surface area contributed by atoms with Gasteiger partial charge in [-0.2, -0.15) is 0 Å². The van der Waals surface area contributed by atoms with Crippen LogP contribution in [0.4, 0.5) is 0 Å². The van der Waals surface area contributed by atoms with Gasteiger partial charge in [0, 0.05) is 11.8 Å². The molecule has 4 nitrogen and oxygen atoms in total. The molecule has 1 aliphatic rings. The van der Waals surface area contributed by atoms with E-state index in [4.69, 9.17) is 9.47 Å². The third-order valence-electron chi connectivity index (χ3n) is 4.02. The number of rotatable bonds is 6. The Labute approximate surface area is 149 Å². The van der Waals surface area contributed by atoms with E-state index in [9.17, 15) is 0 Å². The second kappa shape index (κ2) is 8.39. The molecule has 0 amide bonds. The second-order valence-corrected chi connectivity index (χ2v) is 5.46. The van der Waals surface area contributed by atoms with Gasteiger partial charge >= 0.3 is 0 Å². The van der Waals surface area contributed by atoms with Crippen molar-refractivity contribution in [2.45, 2.75) is 18.4 Å². The molecule has 0 atom stereocenters. The first-order valence-electron chi connectivity index (χ1n) is 7.16. The maximum Gasteiger partial charge on any atom is 0.138 e. The number of aromatic nitrogens is 1. The second-order valence-electron chi connectivity index (χ2n) is 5.46. The molecule has 1 heterocycles. The fourth-order valence-corrected chi connectivity index (χ4v) is 2.30. The minimum atomic E-state index is 0. The first-order chi connectivity index (χ1) is 10.2. The summed E-state index contributed by atoms with van der Waals surface area (Å²) in [6, 6.07) is 9.96. The summed E-state index contributed by atoms with van der Waals surface area (Å²) in [6.07, 6.45) is 5.95. The zero-order valence-corrected chi connectivity index (χ0v) is 14.9. The number of hydrogen-bond donors (Lipinski definition) is 1. The Bertz CT molecular complexity index is 633. The van der Waals surface area contributed by atoms with Crippen LogP contribution in [0.2, 0.25) is 0 Å². The molecule has 0 bridgehead atoms. The molecule has 1 N–H and O–H groups in total. The van der Waals surface area contributed by atoms with Crippen LogP contribution >= 0.6 is 24.8 Å². The molecule has 126 valence electrons. The first-order valence-corrected chi connectivity index (χ1v) is 7.16. The van der Waals surface area contributed by atoms with Crippen molar-refractivity contribution < 1.29 is 9.47 Å². The predicted octanol–water partition coefficient (Wildman–Crippen LogP) is 3.73. The fraction of sp³-hybridized carbons (Fsp3) is 0.353. The van der Waals surface area contributed by atoms with Gasteiger partial charge in [0.2, 0.25) is 0 Å². The number of benzene rings is 1. The van der Waals surface area contributed by atoms with Gasteiger partial charge in [-0.25, -0.2) is 0 Å². The van der Waals surface area contributed by atoms with Gasteiger partial charge in [0.25, 0.3) is 0 Å². The molecule has 3 rings (SSSR count). The van der Waals surface area contributed by atoms with Crippen LogP contribution < -0.4 is 14.8 Å². The maximum absolute atomic E-state index is 5.89. The van der Waals surface area contributed by atoms with Crippen molar-refractivity contribution in [3.05, 3.63) is 42.7 Å². The molecule has 0 aliphatic heterocycles. The van der Waals surface area contributed by atoms with Gasteiger partial charge in [0.05, 0.1) is 18.8 Å². The molecule has 1 aliphatic carbocycles. The van der Waals surface area contributed by atoms with Gasteiger partial charge in [-0.15, -0.1) is 24.8 Å². The van der Waals surface area contributed by atoms with Crippen molar-refractivity contribution in [3.63, 3.8) is 0 Å². The molecule has 0 radical (unpaired) electrons. The first kappa shape index (κ1) is 19.6. The number of nitrogens with zero attached hydrogens (tertiary/aromatic N) is 1. The Morgan fingerprint density at radius 3 is 2.48 bits per heavy atom. The summed E-state index contributed by atoms with van der Waals surface area (Å²) < 4.78 is 11.1. The zero-order chi connectivity index (χ0) is 14.7. The molecular formula is C17H22Cl2N2O2. The predicted molar refractivity (Wildman–Crippen MR) is 97.2 cm³/mol. The van der Waals surface area contributed by atoms with Crippen molar-refractivity contribution >= 4 is 24.8 Å². The smallest absolute Gasteiger partial charge is 0.138 e. The van der Waals surface area contributed by atoms with Crippen LogP contribution in [0.15, 0.2) is 42.7 Å². The van der Waals surface area contributed by atoms with E-state index < -0.39 is 0 Å². The van der Waals surface area contributed by atoms with Crippen LogP contribution in [0.25, 0.3) is 11.1 Å². The summed E-state index contributed by atoms with van der Waals surface area (Å²) >= 11 is 0. The summed E-state index contributed by atoms with van der Waals surface area (Å²) in [6.45, 7) is 0.687. The summed E-state index contributed by atoms with van der Waals surface area (Å²) in [5.74, 6) is 1.64. The van der Waals surface area contributed by atoms with E-state index in [0.717, 1.165) is 22.6 Å². The third-order valence-corrected chi connectivity index (χ3v) is 4.02. The van der Waals surface area contributed by atoms with Crippen LogP contribution in [0.5, 0.6) is 11.5 Å². The molecule has 1 saturated carbocycles. The van der Waals surface area contributed by atoms with Crippen LogP contribution in [-0.4, -0.2) is 31.3 Å². The highest BCUT2D eigenvalue weighted by atomic mass is 35.5. The SMILES string of the molecule is CNC1(COc2cncc(-c3cccc(OC)c3)c2)CC1.Cl.Cl. The summed E-state index contributed by atoms with van der Waals surface area (Å²) in [5, 5.41) is 3.32. The Hall–Kier alpha value is -1.49. The Morgan fingerprint density at radius 2 is 1.83 bits per heavy atom. The topological polar surface area (TPSA) is 43.4 Å². The molecule has 1 fully saturated rings. The molecule has 1 aromatic heterocycles. The quantitative estimate of drug-likeness (QED) is 0.856. The number of hydrogen-bond acceptors (Lipinski definition) is 4. The van der Waals surface area contributed by atoms with E-state index in [2.05, 4.69) is 10.3 Å². The zero-order valence-electron chi connectivity index (χ0n) is 13.2. The number of halogens is 2. The van der Waals surface area contributed by atoms with E-state index in [1.54, 1.807) is 13.3 Å². The Balaban J connectivity index is 0.00000132. The monoisotopic (exact) mass is 356 g/mol. The van der Waals surface area contributed by atoms with Gasteiger partial charge in [-0.3, -0.25) is 4.98 Å². The molecule has 0 unspecified atom stereocenters. The number of likely N-dealkylation sites (N-methyl/N-ethyl adjacent to an activating group) is 1. The largest absolute Gasteiger partial charge is 0.497 e. The van der Waals surface area contributed by atoms with E-state index >= 15 is 0 Å². The van der Waals surface area contributed by atoms with E-state index in [1.165, 1.54) is 12.8 Å². The van der Waals surface area contributed by atoms with Crippen molar-refractivity contribution in [2.24, 2.45) is 0 Å². The Kier molecular flexibility index (Phi) is 7.13. The number of pyridine rings is 1. The normalized spacial score (nSPS) is 14.2. The molecular weight excluding hydrogens is 335 g/mol. The lowest BCUT2D eigenvalue weighted by molar-refractivity contribution is 0.259. The summed E-state index contributed by atoms with van der Waals surface area (Å²) in [5.41, 5.74) is 2.27. The van der Waals surface area contributed by atoms with E-state index in [0.29, 0.717) is 6.61 Å². The van der Waals surface area contributed by atoms with Gasteiger partial charge in [0.15, 0.2) is 0 Å². The molecule has 0 saturated heterocycles. The standard InChI is InChI=1S/C17H20N2O2.2ClH/c1-18-17(6-7-17)12-21-16-9-14(10-19-11-16)13-4-3-5-15(8-13)20-2;;/h3-5,8-11,18H,6-7,12H2,1-2H3;2*1H. The highest BCUT2D eigenvalue weighted by Gasteiger charge is 2.41. The van der Waals surface area contributed by atoms with Crippen LogP contribution in [-0.2, 0) is 0 Å². The van der Waals surface area contributed by atoms with Crippen LogP contribution in [0.3, 0.4) is 0 Å². The lowest BCUT2D eigenvalue weighted by Crippen LogP contribution is -2.33. The molecule has 0 spiro atoms. The highest BCUT2D eigenvalue weighted by Crippen LogP contribution is 2.35. The summed E-state index contributed by atoms with van der Waals surface area (Å²) in [7, 11) is 3.66.